The molecule has 6 rings (SSSR count). The molecule has 0 bridgehead atoms. The number of hydrogen-bond acceptors (Lipinski definition) is 21. The molecule has 29 nitrogen and oxygen atoms in total. The number of azo groups is 4. The summed E-state index contributed by atoms with van der Waals surface area (Å²) in [5, 5.41) is 55.0. The number of hydrogen-bond donors (Lipinski definition) is 7. The number of benzene rings is 5. The zero-order valence-corrected chi connectivity index (χ0v) is 48.3. The zero-order chi connectivity index (χ0) is 62.1. The van der Waals surface area contributed by atoms with E-state index in [0.717, 1.165) is 24.3 Å². The summed E-state index contributed by atoms with van der Waals surface area (Å²) in [6.07, 6.45) is 3.06. The molecular weight excluding hydrogens is 1180 g/mol. The van der Waals surface area contributed by atoms with Gasteiger partial charge in [0.05, 0.1) is 64.3 Å². The largest absolute Gasteiger partial charge is 0.491 e. The number of nitrogens with one attached hydrogen (secondary N) is 1. The number of nitrogens with zero attached hydrogens (tertiary/aromatic N) is 9. The number of ether oxygens (including phenoxy) is 2. The van der Waals surface area contributed by atoms with Crippen molar-refractivity contribution in [1.82, 2.24) is 0 Å². The SMILES string of the molecule is CC1=CC(=NC(=O)Nc2cc(C)c(N=Nc3cc(C)c(N=Nc4ccc(C(=O)O)cc4S(=O)(=O)O)cc3OCCCS(=O)(=O)O)cc2C)C(C)C=C1N=Nc1cc(C)c(N=Nc2ccc(C(=O)O)cc2S(=O)(=O)O)cc1OCCCS(=O)(=O)O. The molecule has 84 heavy (non-hydrogen) atoms. The zero-order valence-electron chi connectivity index (χ0n) is 45.1. The van der Waals surface area contributed by atoms with Crippen LogP contribution in [-0.2, 0) is 40.5 Å². The lowest BCUT2D eigenvalue weighted by Gasteiger charge is -2.16. The van der Waals surface area contributed by atoms with E-state index in [1.165, 1.54) is 24.3 Å². The molecule has 0 saturated heterocycles. The van der Waals surface area contributed by atoms with E-state index in [1.807, 2.05) is 0 Å². The number of aryl methyl sites for hydroxylation is 4. The lowest BCUT2D eigenvalue weighted by atomic mass is 9.94. The van der Waals surface area contributed by atoms with Gasteiger partial charge in [-0.25, -0.2) is 14.4 Å². The molecule has 0 spiro atoms. The monoisotopic (exact) mass is 1240 g/mol. The Labute approximate surface area is 480 Å². The minimum atomic E-state index is -4.95. The predicted molar refractivity (Wildman–Crippen MR) is 302 cm³/mol. The first-order valence-corrected chi connectivity index (χ1v) is 30.5. The average Bonchev–Trinajstić information content (AvgIpc) is 2.56. The molecule has 5 aromatic rings. The Morgan fingerprint density at radius 3 is 1.33 bits per heavy atom. The van der Waals surface area contributed by atoms with Gasteiger partial charge in [0.15, 0.2) is 0 Å². The fourth-order valence-electron chi connectivity index (χ4n) is 7.51. The van der Waals surface area contributed by atoms with E-state index >= 15 is 0 Å². The highest BCUT2D eigenvalue weighted by molar-refractivity contribution is 7.86. The number of carbonyl (C=O) groups excluding carboxylic acids is 1. The maximum Gasteiger partial charge on any atom is 0.345 e. The third-order valence-corrected chi connectivity index (χ3v) is 15.2. The molecule has 444 valence electrons. The van der Waals surface area contributed by atoms with Gasteiger partial charge in [-0.3, -0.25) is 18.2 Å². The van der Waals surface area contributed by atoms with Gasteiger partial charge in [-0.2, -0.15) is 59.1 Å². The van der Waals surface area contributed by atoms with Crippen molar-refractivity contribution in [1.29, 1.82) is 0 Å². The van der Waals surface area contributed by atoms with E-state index in [2.05, 4.69) is 51.2 Å². The lowest BCUT2D eigenvalue weighted by Crippen LogP contribution is -2.17. The van der Waals surface area contributed by atoms with E-state index in [0.29, 0.717) is 62.7 Å². The molecular formula is C51H52N10O19S4. The third-order valence-electron chi connectivity index (χ3n) is 11.9. The van der Waals surface area contributed by atoms with Crippen LogP contribution in [0.25, 0.3) is 0 Å². The Morgan fingerprint density at radius 2 is 0.905 bits per heavy atom. The standard InChI is InChI=1S/C51H52N10O19S4/c1-27-19-39(56-60-43-21-31(5)41(25-45(43)79-13-7-15-81(67,68)69)58-54-35-11-9-33(49(62)63)23-47(35)83(73,74)75)29(3)17-37(27)52-51(66)53-38-18-30(4)40(20-28(38)2)57-61-44-22-32(6)42(26-46(44)80-14-8-16-82(70,71)72)59-55-36-12-10-34(50(64)65)24-48(36)84(76,77)78/h9-12,17-27H,7-8,13-16H2,1-6H3,(H,53,66)(H,62,63)(H,64,65)(H,67,68,69)(H,70,71,72)(H,73,74,75)(H,76,77,78). The molecule has 0 aromatic heterocycles. The van der Waals surface area contributed by atoms with Crippen LogP contribution >= 0.6 is 0 Å². The van der Waals surface area contributed by atoms with Crippen molar-refractivity contribution in [2.45, 2.75) is 64.2 Å². The maximum absolute atomic E-state index is 13.5. The predicted octanol–water partition coefficient (Wildman–Crippen LogP) is 11.6. The van der Waals surface area contributed by atoms with E-state index < -0.39 is 96.8 Å². The molecule has 0 radical (unpaired) electrons. The van der Waals surface area contributed by atoms with Crippen LogP contribution in [0.3, 0.4) is 0 Å². The first kappa shape index (κ1) is 64.5. The quantitative estimate of drug-likeness (QED) is 0.0181. The molecule has 0 aliphatic heterocycles. The fourth-order valence-corrected chi connectivity index (χ4v) is 9.77. The summed E-state index contributed by atoms with van der Waals surface area (Å²) in [5.74, 6) is -4.62. The van der Waals surface area contributed by atoms with Crippen LogP contribution < -0.4 is 14.8 Å². The van der Waals surface area contributed by atoms with Crippen molar-refractivity contribution >= 4 is 110 Å². The molecule has 1 aliphatic carbocycles. The summed E-state index contributed by atoms with van der Waals surface area (Å²) in [5.41, 5.74) is 2.73. The normalized spacial score (nSPS) is 14.8. The summed E-state index contributed by atoms with van der Waals surface area (Å²) in [6.45, 7) is 9.60. The molecule has 1 unspecified atom stereocenters. The number of carboxylic acids is 2. The Bertz CT molecular complexity index is 4180. The number of anilines is 1. The first-order chi connectivity index (χ1) is 39.1. The van der Waals surface area contributed by atoms with Crippen LogP contribution in [0.4, 0.5) is 50.3 Å². The van der Waals surface area contributed by atoms with Crippen molar-refractivity contribution in [3.8, 4) is 11.5 Å². The fraction of sp³-hybridized carbons (Fsp3) is 0.255. The van der Waals surface area contributed by atoms with Crippen molar-refractivity contribution in [2.24, 2.45) is 51.8 Å². The number of allylic oxidation sites excluding steroid dienone is 3. The lowest BCUT2D eigenvalue weighted by molar-refractivity contribution is 0.0685. The molecule has 7 N–H and O–H groups in total. The summed E-state index contributed by atoms with van der Waals surface area (Å²) in [6, 6.07) is 13.9. The number of carbonyl (C=O) groups is 3. The summed E-state index contributed by atoms with van der Waals surface area (Å²) in [7, 11) is -18.6. The highest BCUT2D eigenvalue weighted by Crippen LogP contribution is 2.40. The molecule has 33 heteroatoms. The number of aliphatic imine (C=N–C) groups is 1. The van der Waals surface area contributed by atoms with Crippen molar-refractivity contribution in [2.75, 3.05) is 30.0 Å². The first-order valence-electron chi connectivity index (χ1n) is 24.4. The van der Waals surface area contributed by atoms with Gasteiger partial charge in [-0.05, 0) is 148 Å². The third kappa shape index (κ3) is 18.1. The highest BCUT2D eigenvalue weighted by atomic mass is 32.2. The van der Waals surface area contributed by atoms with Crippen LogP contribution in [0.1, 0.15) is 69.7 Å². The second-order valence-electron chi connectivity index (χ2n) is 18.5. The topological polar surface area (TPSA) is 451 Å². The van der Waals surface area contributed by atoms with E-state index in [4.69, 9.17) is 9.47 Å². The van der Waals surface area contributed by atoms with Crippen LogP contribution in [0.15, 0.2) is 152 Å². The van der Waals surface area contributed by atoms with Crippen molar-refractivity contribution in [3.05, 3.63) is 130 Å². The number of urea groups is 1. The van der Waals surface area contributed by atoms with Gasteiger partial charge >= 0.3 is 18.0 Å². The van der Waals surface area contributed by atoms with Gasteiger partial charge in [0.25, 0.3) is 40.5 Å². The molecule has 5 aromatic carbocycles. The van der Waals surface area contributed by atoms with Crippen molar-refractivity contribution < 1.29 is 86.0 Å². The number of amides is 2. The van der Waals surface area contributed by atoms with Gasteiger partial charge in [0.1, 0.15) is 44.0 Å². The van der Waals surface area contributed by atoms with E-state index in [-0.39, 0.29) is 71.7 Å². The number of aromatic carboxylic acids is 2. The number of carboxylic acid groups (broad SMARTS) is 2. The minimum Gasteiger partial charge on any atom is -0.491 e. The smallest absolute Gasteiger partial charge is 0.345 e. The van der Waals surface area contributed by atoms with Crippen LogP contribution in [0.2, 0.25) is 0 Å². The summed E-state index contributed by atoms with van der Waals surface area (Å²) >= 11 is 0. The van der Waals surface area contributed by atoms with E-state index in [1.54, 1.807) is 65.8 Å². The highest BCUT2D eigenvalue weighted by Gasteiger charge is 2.23. The van der Waals surface area contributed by atoms with Crippen molar-refractivity contribution in [3.63, 3.8) is 0 Å². The Morgan fingerprint density at radius 1 is 0.512 bits per heavy atom. The van der Waals surface area contributed by atoms with Gasteiger partial charge < -0.3 is 25.0 Å². The van der Waals surface area contributed by atoms with Gasteiger partial charge in [0, 0.05) is 23.7 Å². The summed E-state index contributed by atoms with van der Waals surface area (Å²) in [4.78, 5) is 39.0. The average molecular weight is 1240 g/mol. The molecule has 0 saturated carbocycles. The second kappa shape index (κ2) is 26.7. The molecule has 0 fully saturated rings. The Kier molecular flexibility index (Phi) is 20.5. The number of rotatable bonds is 23. The Hall–Kier alpha value is -8.70. The molecule has 1 aliphatic rings. The van der Waals surface area contributed by atoms with Crippen LogP contribution in [-0.4, -0.2) is 110 Å². The van der Waals surface area contributed by atoms with E-state index in [9.17, 15) is 76.5 Å². The Balaban J connectivity index is 1.20. The van der Waals surface area contributed by atoms with Gasteiger partial charge in [0.2, 0.25) is 0 Å². The van der Waals surface area contributed by atoms with Crippen LogP contribution in [0.5, 0.6) is 11.5 Å². The summed E-state index contributed by atoms with van der Waals surface area (Å²) < 4.78 is 143. The molecule has 1 atom stereocenters. The second-order valence-corrected chi connectivity index (χ2v) is 24.4. The van der Waals surface area contributed by atoms with Gasteiger partial charge in [-0.15, -0.1) is 20.5 Å². The molecule has 2 amide bonds. The minimum absolute atomic E-state index is 0.0115. The molecule has 0 heterocycles. The van der Waals surface area contributed by atoms with Gasteiger partial charge in [-0.1, -0.05) is 6.92 Å². The maximum atomic E-state index is 13.5. The van der Waals surface area contributed by atoms with Crippen LogP contribution in [0, 0.1) is 33.6 Å².